The maximum Gasteiger partial charge on any atom is 0.326 e. The fourth-order valence-corrected chi connectivity index (χ4v) is 2.03. The van der Waals surface area contributed by atoms with Gasteiger partial charge >= 0.3 is 11.9 Å². The zero-order chi connectivity index (χ0) is 16.8. The summed E-state index contributed by atoms with van der Waals surface area (Å²) < 4.78 is 4.53. The number of rotatable bonds is 6. The molecule has 0 radical (unpaired) electrons. The van der Waals surface area contributed by atoms with E-state index in [0.717, 1.165) is 10.9 Å². The van der Waals surface area contributed by atoms with Crippen LogP contribution in [0, 0.1) is 0 Å². The van der Waals surface area contributed by atoms with Gasteiger partial charge in [0.1, 0.15) is 6.04 Å². The van der Waals surface area contributed by atoms with Crippen molar-refractivity contribution in [2.45, 2.75) is 19.4 Å². The van der Waals surface area contributed by atoms with E-state index in [1.165, 1.54) is 6.92 Å². The summed E-state index contributed by atoms with van der Waals surface area (Å²) in [4.78, 5) is 37.9. The van der Waals surface area contributed by atoms with Gasteiger partial charge in [-0.25, -0.2) is 4.79 Å². The molecule has 2 rings (SSSR count). The van der Waals surface area contributed by atoms with E-state index in [-0.39, 0.29) is 6.42 Å². The Morgan fingerprint density at radius 1 is 1.22 bits per heavy atom. The zero-order valence-corrected chi connectivity index (χ0v) is 12.5. The van der Waals surface area contributed by atoms with Crippen LogP contribution in [-0.4, -0.2) is 40.6 Å². The number of esters is 1. The van der Waals surface area contributed by atoms with E-state index in [0.29, 0.717) is 5.69 Å². The number of nitrogens with one attached hydrogen (secondary N) is 1. The molecule has 120 valence electrons. The van der Waals surface area contributed by atoms with Gasteiger partial charge < -0.3 is 15.2 Å². The number of hydrogen-bond donors (Lipinski definition) is 2. The van der Waals surface area contributed by atoms with Gasteiger partial charge in [-0.15, -0.1) is 0 Å². The topological polar surface area (TPSA) is 106 Å². The molecular formula is C16H16N2O5. The molecule has 0 aliphatic carbocycles. The number of amides is 1. The molecule has 1 atom stereocenters. The van der Waals surface area contributed by atoms with Crippen molar-refractivity contribution in [2.75, 3.05) is 6.61 Å². The molecule has 1 amide bonds. The monoisotopic (exact) mass is 316 g/mol. The van der Waals surface area contributed by atoms with Crippen molar-refractivity contribution < 1.29 is 24.2 Å². The van der Waals surface area contributed by atoms with Crippen molar-refractivity contribution >= 4 is 28.7 Å². The highest BCUT2D eigenvalue weighted by molar-refractivity contribution is 5.85. The molecule has 0 saturated carbocycles. The number of carbonyl (C=O) groups is 3. The fraction of sp³-hybridized carbons (Fsp3) is 0.250. The largest absolute Gasteiger partial charge is 0.480 e. The number of para-hydroxylation sites is 1. The molecule has 0 bridgehead atoms. The van der Waals surface area contributed by atoms with Crippen LogP contribution in [0.2, 0.25) is 0 Å². The first-order chi connectivity index (χ1) is 11.0. The van der Waals surface area contributed by atoms with Crippen molar-refractivity contribution in [3.63, 3.8) is 0 Å². The van der Waals surface area contributed by atoms with E-state index in [4.69, 9.17) is 0 Å². The lowest BCUT2D eigenvalue weighted by atomic mass is 10.1. The standard InChI is InChI=1S/C16H16N2O5/c1-10(19)23-9-15(20)18-14(16(21)22)8-12-7-6-11-4-2-3-5-13(11)17-12/h2-7,14H,8-9H2,1H3,(H,18,20)(H,21,22)/t14-/m1/s1. The van der Waals surface area contributed by atoms with Gasteiger partial charge in [-0.1, -0.05) is 24.3 Å². The second-order valence-electron chi connectivity index (χ2n) is 4.94. The van der Waals surface area contributed by atoms with Gasteiger partial charge in [0.2, 0.25) is 0 Å². The molecule has 1 heterocycles. The highest BCUT2D eigenvalue weighted by atomic mass is 16.5. The van der Waals surface area contributed by atoms with Crippen molar-refractivity contribution in [3.05, 3.63) is 42.1 Å². The normalized spacial score (nSPS) is 11.7. The molecule has 0 spiro atoms. The van der Waals surface area contributed by atoms with Crippen molar-refractivity contribution in [2.24, 2.45) is 0 Å². The predicted octanol–water partition coefficient (Wildman–Crippen LogP) is 0.910. The molecule has 0 unspecified atom stereocenters. The quantitative estimate of drug-likeness (QED) is 0.767. The summed E-state index contributed by atoms with van der Waals surface area (Å²) in [5.74, 6) is -2.47. The highest BCUT2D eigenvalue weighted by Crippen LogP contribution is 2.12. The lowest BCUT2D eigenvalue weighted by molar-refractivity contribution is -0.148. The lowest BCUT2D eigenvalue weighted by Gasteiger charge is -2.14. The van der Waals surface area contributed by atoms with Crippen LogP contribution in [0.15, 0.2) is 36.4 Å². The van der Waals surface area contributed by atoms with Gasteiger partial charge in [-0.3, -0.25) is 14.6 Å². The lowest BCUT2D eigenvalue weighted by Crippen LogP contribution is -2.44. The van der Waals surface area contributed by atoms with E-state index in [1.807, 2.05) is 30.3 Å². The summed E-state index contributed by atoms with van der Waals surface area (Å²) in [5, 5.41) is 12.5. The molecule has 2 aromatic rings. The number of benzene rings is 1. The van der Waals surface area contributed by atoms with Crippen molar-refractivity contribution in [1.29, 1.82) is 0 Å². The Balaban J connectivity index is 2.07. The highest BCUT2D eigenvalue weighted by Gasteiger charge is 2.21. The minimum absolute atomic E-state index is 0.0337. The third-order valence-electron chi connectivity index (χ3n) is 3.11. The van der Waals surface area contributed by atoms with Crippen molar-refractivity contribution in [3.8, 4) is 0 Å². The average molecular weight is 316 g/mol. The minimum atomic E-state index is -1.18. The number of ether oxygens (including phenoxy) is 1. The predicted molar refractivity (Wildman–Crippen MR) is 81.6 cm³/mol. The number of aliphatic carboxylic acids is 1. The fourth-order valence-electron chi connectivity index (χ4n) is 2.03. The maximum atomic E-state index is 11.6. The second-order valence-corrected chi connectivity index (χ2v) is 4.94. The van der Waals surface area contributed by atoms with Gasteiger partial charge in [-0.05, 0) is 12.1 Å². The van der Waals surface area contributed by atoms with Crippen molar-refractivity contribution in [1.82, 2.24) is 10.3 Å². The van der Waals surface area contributed by atoms with Crippen LogP contribution in [0.25, 0.3) is 10.9 Å². The Bertz CT molecular complexity index is 744. The number of aromatic nitrogens is 1. The summed E-state index contributed by atoms with van der Waals surface area (Å²) >= 11 is 0. The molecule has 0 aliphatic rings. The Morgan fingerprint density at radius 2 is 1.96 bits per heavy atom. The van der Waals surface area contributed by atoms with E-state index in [9.17, 15) is 19.5 Å². The number of hydrogen-bond acceptors (Lipinski definition) is 5. The third kappa shape index (κ3) is 4.77. The van der Waals surface area contributed by atoms with Gasteiger partial charge in [0.25, 0.3) is 5.91 Å². The molecule has 0 aliphatic heterocycles. The minimum Gasteiger partial charge on any atom is -0.480 e. The molecular weight excluding hydrogens is 300 g/mol. The van der Waals surface area contributed by atoms with Crippen LogP contribution in [0.5, 0.6) is 0 Å². The SMILES string of the molecule is CC(=O)OCC(=O)N[C@H](Cc1ccc2ccccc2n1)C(=O)O. The van der Waals surface area contributed by atoms with Crippen LogP contribution in [0.3, 0.4) is 0 Å². The van der Waals surface area contributed by atoms with Crippen LogP contribution < -0.4 is 5.32 Å². The Hall–Kier alpha value is -2.96. The van der Waals surface area contributed by atoms with Crippen LogP contribution in [-0.2, 0) is 25.5 Å². The number of fused-ring (bicyclic) bond motifs is 1. The maximum absolute atomic E-state index is 11.6. The second kappa shape index (κ2) is 7.35. The Morgan fingerprint density at radius 3 is 2.65 bits per heavy atom. The summed E-state index contributed by atoms with van der Waals surface area (Å²) in [6, 6.07) is 9.88. The van der Waals surface area contributed by atoms with E-state index in [1.54, 1.807) is 6.07 Å². The molecule has 23 heavy (non-hydrogen) atoms. The summed E-state index contributed by atoms with van der Waals surface area (Å²) in [6.45, 7) is 0.658. The first kappa shape index (κ1) is 16.4. The molecule has 1 aromatic heterocycles. The summed E-state index contributed by atoms with van der Waals surface area (Å²) in [5.41, 5.74) is 1.30. The van der Waals surface area contributed by atoms with E-state index < -0.39 is 30.5 Å². The molecule has 7 nitrogen and oxygen atoms in total. The summed E-state index contributed by atoms with van der Waals surface area (Å²) in [7, 11) is 0. The molecule has 0 saturated heterocycles. The average Bonchev–Trinajstić information content (AvgIpc) is 2.52. The van der Waals surface area contributed by atoms with E-state index >= 15 is 0 Å². The van der Waals surface area contributed by atoms with Crippen LogP contribution in [0.1, 0.15) is 12.6 Å². The number of carbonyl (C=O) groups excluding carboxylic acids is 2. The molecule has 7 heteroatoms. The molecule has 0 fully saturated rings. The van der Waals surface area contributed by atoms with Crippen LogP contribution in [0.4, 0.5) is 0 Å². The number of carboxylic acid groups (broad SMARTS) is 1. The first-order valence-corrected chi connectivity index (χ1v) is 6.96. The summed E-state index contributed by atoms with van der Waals surface area (Å²) in [6.07, 6.45) is 0.0337. The molecule has 2 N–H and O–H groups in total. The van der Waals surface area contributed by atoms with Gasteiger partial charge in [0, 0.05) is 24.4 Å². The Labute approximate surface area is 132 Å². The van der Waals surface area contributed by atoms with Gasteiger partial charge in [-0.2, -0.15) is 0 Å². The van der Waals surface area contributed by atoms with E-state index in [2.05, 4.69) is 15.0 Å². The molecule has 1 aromatic carbocycles. The smallest absolute Gasteiger partial charge is 0.326 e. The van der Waals surface area contributed by atoms with Gasteiger partial charge in [0.05, 0.1) is 5.52 Å². The Kier molecular flexibility index (Phi) is 5.24. The first-order valence-electron chi connectivity index (χ1n) is 6.96. The number of pyridine rings is 1. The third-order valence-corrected chi connectivity index (χ3v) is 3.11. The van der Waals surface area contributed by atoms with Gasteiger partial charge in [0.15, 0.2) is 6.61 Å². The van der Waals surface area contributed by atoms with Crippen LogP contribution >= 0.6 is 0 Å². The number of nitrogens with zero attached hydrogens (tertiary/aromatic N) is 1. The zero-order valence-electron chi connectivity index (χ0n) is 12.5. The number of carboxylic acids is 1.